The Morgan fingerprint density at radius 2 is 1.78 bits per heavy atom. The van der Waals surface area contributed by atoms with Crippen molar-refractivity contribution in [2.45, 2.75) is 38.0 Å². The fourth-order valence-electron chi connectivity index (χ4n) is 2.14. The molecule has 1 fully saturated rings. The van der Waals surface area contributed by atoms with Crippen LogP contribution in [0.4, 0.5) is 0 Å². The van der Waals surface area contributed by atoms with Crippen LogP contribution >= 0.6 is 0 Å². The standard InChI is InChI=1S/C13H27NO4/c1-4-14-11-10-12(17-7-5-6-15-2)13(11)18-9-8-16-3/h11-14H,4-10H2,1-3H3. The summed E-state index contributed by atoms with van der Waals surface area (Å²) in [6.07, 6.45) is 2.33. The number of hydrogen-bond acceptors (Lipinski definition) is 5. The minimum Gasteiger partial charge on any atom is -0.385 e. The molecule has 1 saturated carbocycles. The Balaban J connectivity index is 2.19. The van der Waals surface area contributed by atoms with Gasteiger partial charge < -0.3 is 24.3 Å². The van der Waals surface area contributed by atoms with Gasteiger partial charge >= 0.3 is 0 Å². The second-order valence-electron chi connectivity index (χ2n) is 4.48. The lowest BCUT2D eigenvalue weighted by Crippen LogP contribution is -2.60. The van der Waals surface area contributed by atoms with E-state index in [9.17, 15) is 0 Å². The van der Waals surface area contributed by atoms with Gasteiger partial charge in [-0.05, 0) is 19.4 Å². The second-order valence-corrected chi connectivity index (χ2v) is 4.48. The smallest absolute Gasteiger partial charge is 0.0991 e. The molecule has 5 nitrogen and oxygen atoms in total. The minimum atomic E-state index is 0.155. The van der Waals surface area contributed by atoms with E-state index in [0.717, 1.165) is 32.6 Å². The van der Waals surface area contributed by atoms with E-state index in [2.05, 4.69) is 12.2 Å². The van der Waals surface area contributed by atoms with Gasteiger partial charge in [0.05, 0.1) is 25.4 Å². The minimum absolute atomic E-state index is 0.155. The first kappa shape index (κ1) is 15.9. The maximum absolute atomic E-state index is 5.81. The number of nitrogens with one attached hydrogen (secondary N) is 1. The Hall–Kier alpha value is -0.200. The lowest BCUT2D eigenvalue weighted by atomic mass is 9.85. The highest BCUT2D eigenvalue weighted by molar-refractivity contribution is 4.97. The van der Waals surface area contributed by atoms with Gasteiger partial charge in [-0.3, -0.25) is 0 Å². The lowest BCUT2D eigenvalue weighted by Gasteiger charge is -2.44. The molecule has 1 rings (SSSR count). The molecule has 1 aliphatic rings. The van der Waals surface area contributed by atoms with E-state index in [0.29, 0.717) is 19.3 Å². The van der Waals surface area contributed by atoms with E-state index in [1.54, 1.807) is 14.2 Å². The van der Waals surface area contributed by atoms with Gasteiger partial charge in [0, 0.05) is 33.5 Å². The predicted octanol–water partition coefficient (Wildman–Crippen LogP) is 0.822. The third-order valence-corrected chi connectivity index (χ3v) is 3.14. The summed E-state index contributed by atoms with van der Waals surface area (Å²) >= 11 is 0. The van der Waals surface area contributed by atoms with Gasteiger partial charge in [0.1, 0.15) is 0 Å². The zero-order valence-corrected chi connectivity index (χ0v) is 11.8. The molecule has 0 amide bonds. The van der Waals surface area contributed by atoms with Crippen molar-refractivity contribution in [3.63, 3.8) is 0 Å². The number of ether oxygens (including phenoxy) is 4. The summed E-state index contributed by atoms with van der Waals surface area (Å²) in [5.41, 5.74) is 0. The molecule has 108 valence electrons. The van der Waals surface area contributed by atoms with Gasteiger partial charge in [0.25, 0.3) is 0 Å². The first-order valence-corrected chi connectivity index (χ1v) is 6.78. The average molecular weight is 261 g/mol. The number of likely N-dealkylation sites (N-methyl/N-ethyl adjacent to an activating group) is 1. The highest BCUT2D eigenvalue weighted by Crippen LogP contribution is 2.27. The molecule has 3 atom stereocenters. The molecule has 0 bridgehead atoms. The molecule has 0 saturated heterocycles. The zero-order chi connectivity index (χ0) is 13.2. The van der Waals surface area contributed by atoms with Gasteiger partial charge in [0.2, 0.25) is 0 Å². The molecular formula is C13H27NO4. The maximum atomic E-state index is 5.81. The van der Waals surface area contributed by atoms with Crippen LogP contribution in [-0.4, -0.2) is 65.4 Å². The molecule has 18 heavy (non-hydrogen) atoms. The van der Waals surface area contributed by atoms with Crippen molar-refractivity contribution in [2.24, 2.45) is 0 Å². The molecule has 1 aliphatic carbocycles. The fraction of sp³-hybridized carbons (Fsp3) is 1.00. The van der Waals surface area contributed by atoms with Gasteiger partial charge in [0.15, 0.2) is 0 Å². The highest BCUT2D eigenvalue weighted by atomic mass is 16.6. The van der Waals surface area contributed by atoms with E-state index in [1.807, 2.05) is 0 Å². The van der Waals surface area contributed by atoms with Crippen LogP contribution in [-0.2, 0) is 18.9 Å². The fourth-order valence-corrected chi connectivity index (χ4v) is 2.14. The summed E-state index contributed by atoms with van der Waals surface area (Å²) in [4.78, 5) is 0. The van der Waals surface area contributed by atoms with Crippen molar-refractivity contribution in [3.8, 4) is 0 Å². The second kappa shape index (κ2) is 9.69. The van der Waals surface area contributed by atoms with Crippen LogP contribution in [0.25, 0.3) is 0 Å². The van der Waals surface area contributed by atoms with E-state index in [4.69, 9.17) is 18.9 Å². The Labute approximate surface area is 110 Å². The molecule has 0 aromatic heterocycles. The first-order valence-electron chi connectivity index (χ1n) is 6.78. The molecular weight excluding hydrogens is 234 g/mol. The summed E-state index contributed by atoms with van der Waals surface area (Å²) in [6, 6.07) is 0.416. The van der Waals surface area contributed by atoms with E-state index in [1.165, 1.54) is 0 Å². The first-order chi connectivity index (χ1) is 8.83. The molecule has 0 aromatic carbocycles. The normalized spacial score (nSPS) is 27.2. The monoisotopic (exact) mass is 261 g/mol. The Morgan fingerprint density at radius 3 is 2.44 bits per heavy atom. The highest BCUT2D eigenvalue weighted by Gasteiger charge is 2.42. The van der Waals surface area contributed by atoms with Crippen molar-refractivity contribution >= 4 is 0 Å². The van der Waals surface area contributed by atoms with Crippen LogP contribution < -0.4 is 5.32 Å². The SMILES string of the molecule is CCNC1CC(OCCCOC)C1OCCOC. The lowest BCUT2D eigenvalue weighted by molar-refractivity contribution is -0.152. The van der Waals surface area contributed by atoms with Crippen molar-refractivity contribution in [1.82, 2.24) is 5.32 Å². The molecule has 0 spiro atoms. The maximum Gasteiger partial charge on any atom is 0.0991 e. The molecule has 1 N–H and O–H groups in total. The van der Waals surface area contributed by atoms with Crippen LogP contribution in [0.3, 0.4) is 0 Å². The predicted molar refractivity (Wildman–Crippen MR) is 69.9 cm³/mol. The largest absolute Gasteiger partial charge is 0.385 e. The van der Waals surface area contributed by atoms with Crippen LogP contribution in [0, 0.1) is 0 Å². The molecule has 3 unspecified atom stereocenters. The summed E-state index contributed by atoms with van der Waals surface area (Å²) < 4.78 is 21.6. The van der Waals surface area contributed by atoms with Gasteiger partial charge in [-0.1, -0.05) is 6.92 Å². The summed E-state index contributed by atoms with van der Waals surface area (Å²) in [7, 11) is 3.39. The van der Waals surface area contributed by atoms with Crippen LogP contribution in [0.5, 0.6) is 0 Å². The summed E-state index contributed by atoms with van der Waals surface area (Å²) in [5, 5.41) is 3.42. The Bertz CT molecular complexity index is 203. The summed E-state index contributed by atoms with van der Waals surface area (Å²) in [6.45, 7) is 5.82. The summed E-state index contributed by atoms with van der Waals surface area (Å²) in [5.74, 6) is 0. The zero-order valence-electron chi connectivity index (χ0n) is 11.8. The van der Waals surface area contributed by atoms with Crippen LogP contribution in [0.1, 0.15) is 19.8 Å². The van der Waals surface area contributed by atoms with Crippen molar-refractivity contribution < 1.29 is 18.9 Å². The third kappa shape index (κ3) is 5.20. The van der Waals surface area contributed by atoms with Crippen molar-refractivity contribution in [2.75, 3.05) is 47.2 Å². The molecule has 0 radical (unpaired) electrons. The topological polar surface area (TPSA) is 49.0 Å². The molecule has 0 aliphatic heterocycles. The number of methoxy groups -OCH3 is 2. The molecule has 5 heteroatoms. The van der Waals surface area contributed by atoms with Gasteiger partial charge in [-0.25, -0.2) is 0 Å². The Morgan fingerprint density at radius 1 is 1.00 bits per heavy atom. The molecule has 0 heterocycles. The quantitative estimate of drug-likeness (QED) is 0.558. The third-order valence-electron chi connectivity index (χ3n) is 3.14. The average Bonchev–Trinajstić information content (AvgIpc) is 2.37. The number of hydrogen-bond donors (Lipinski definition) is 1. The van der Waals surface area contributed by atoms with E-state index >= 15 is 0 Å². The Kier molecular flexibility index (Phi) is 8.54. The van der Waals surface area contributed by atoms with E-state index in [-0.39, 0.29) is 12.2 Å². The molecule has 0 aromatic rings. The van der Waals surface area contributed by atoms with Crippen LogP contribution in [0.15, 0.2) is 0 Å². The van der Waals surface area contributed by atoms with E-state index < -0.39 is 0 Å². The van der Waals surface area contributed by atoms with Gasteiger partial charge in [-0.2, -0.15) is 0 Å². The number of rotatable bonds is 11. The van der Waals surface area contributed by atoms with Gasteiger partial charge in [-0.15, -0.1) is 0 Å². The van der Waals surface area contributed by atoms with Crippen molar-refractivity contribution in [1.29, 1.82) is 0 Å². The van der Waals surface area contributed by atoms with Crippen molar-refractivity contribution in [3.05, 3.63) is 0 Å². The van der Waals surface area contributed by atoms with Crippen LogP contribution in [0.2, 0.25) is 0 Å².